The van der Waals surface area contributed by atoms with Gasteiger partial charge in [-0.05, 0) is 37.5 Å². The van der Waals surface area contributed by atoms with Gasteiger partial charge in [0.1, 0.15) is 5.82 Å². The van der Waals surface area contributed by atoms with E-state index in [0.29, 0.717) is 11.7 Å². The number of aromatic nitrogens is 4. The molecule has 0 radical (unpaired) electrons. The van der Waals surface area contributed by atoms with E-state index in [1.54, 1.807) is 10.9 Å². The maximum absolute atomic E-state index is 6.21. The minimum atomic E-state index is 0.543. The van der Waals surface area contributed by atoms with Gasteiger partial charge in [0.25, 0.3) is 0 Å². The Morgan fingerprint density at radius 3 is 2.93 bits per heavy atom. The summed E-state index contributed by atoms with van der Waals surface area (Å²) in [6, 6.07) is 1.55. The van der Waals surface area contributed by atoms with Crippen molar-refractivity contribution in [2.75, 3.05) is 30.3 Å². The molecular weight excluding hydrogens is 338 g/mol. The number of fused-ring (bicyclic) bond motifs is 5. The van der Waals surface area contributed by atoms with Crippen LogP contribution in [-0.2, 0) is 7.05 Å². The molecule has 2 aromatic heterocycles. The molecule has 2 N–H and O–H groups in total. The molecule has 5 rings (SSSR count). The standard InChI is InChI=1S/C20H31N7/c1-3-5-15-6-4-7-17-14-8-13(11-27(15)17)10-26(12-14)20-23-18(21)16-9-22-25(2)19(16)24-20/h9,13-15,17H,3-8,10-12H2,1-2H3,(H2,21,23,24)/t13-,14+,15-,17-/m0/s1. The van der Waals surface area contributed by atoms with Gasteiger partial charge in [-0.2, -0.15) is 15.1 Å². The van der Waals surface area contributed by atoms with Crippen LogP contribution in [0.15, 0.2) is 6.20 Å². The lowest BCUT2D eigenvalue weighted by Gasteiger charge is -2.55. The van der Waals surface area contributed by atoms with Crippen molar-refractivity contribution in [1.82, 2.24) is 24.6 Å². The van der Waals surface area contributed by atoms with E-state index < -0.39 is 0 Å². The van der Waals surface area contributed by atoms with Crippen LogP contribution in [0.1, 0.15) is 45.4 Å². The molecule has 0 amide bonds. The molecule has 7 nitrogen and oxygen atoms in total. The second kappa shape index (κ2) is 6.62. The summed E-state index contributed by atoms with van der Waals surface area (Å²) in [5, 5.41) is 5.14. The van der Waals surface area contributed by atoms with Gasteiger partial charge < -0.3 is 10.6 Å². The van der Waals surface area contributed by atoms with Crippen LogP contribution in [0.5, 0.6) is 0 Å². The Labute approximate surface area is 160 Å². The van der Waals surface area contributed by atoms with Gasteiger partial charge in [0, 0.05) is 38.8 Å². The lowest BCUT2D eigenvalue weighted by atomic mass is 9.74. The molecular formula is C20H31N7. The average Bonchev–Trinajstić information content (AvgIpc) is 3.04. The molecule has 0 unspecified atom stereocenters. The predicted molar refractivity (Wildman–Crippen MR) is 108 cm³/mol. The van der Waals surface area contributed by atoms with Gasteiger partial charge in [0.2, 0.25) is 5.95 Å². The number of piperidine rings is 3. The van der Waals surface area contributed by atoms with Crippen molar-refractivity contribution in [3.05, 3.63) is 6.20 Å². The Morgan fingerprint density at radius 2 is 2.07 bits per heavy atom. The maximum Gasteiger partial charge on any atom is 0.229 e. The fourth-order valence-corrected chi connectivity index (χ4v) is 5.89. The third-order valence-corrected chi connectivity index (χ3v) is 7.03. The summed E-state index contributed by atoms with van der Waals surface area (Å²) in [5.74, 6) is 2.77. The first-order chi connectivity index (χ1) is 13.1. The van der Waals surface area contributed by atoms with Crippen molar-refractivity contribution in [3.8, 4) is 0 Å². The van der Waals surface area contributed by atoms with Crippen LogP contribution >= 0.6 is 0 Å². The van der Waals surface area contributed by atoms with Crippen LogP contribution in [-0.4, -0.2) is 56.4 Å². The van der Waals surface area contributed by atoms with Crippen molar-refractivity contribution in [2.24, 2.45) is 18.9 Å². The van der Waals surface area contributed by atoms with Gasteiger partial charge >= 0.3 is 0 Å². The number of hydrogen-bond donors (Lipinski definition) is 1. The van der Waals surface area contributed by atoms with E-state index in [2.05, 4.69) is 26.8 Å². The molecule has 7 heteroatoms. The first-order valence-corrected chi connectivity index (χ1v) is 10.6. The quantitative estimate of drug-likeness (QED) is 0.895. The summed E-state index contributed by atoms with van der Waals surface area (Å²) < 4.78 is 1.79. The van der Waals surface area contributed by atoms with Crippen LogP contribution in [0.4, 0.5) is 11.8 Å². The zero-order valence-electron chi connectivity index (χ0n) is 16.5. The first-order valence-electron chi connectivity index (χ1n) is 10.6. The molecule has 0 saturated carbocycles. The topological polar surface area (TPSA) is 76.1 Å². The van der Waals surface area contributed by atoms with Crippen molar-refractivity contribution >= 4 is 22.8 Å². The van der Waals surface area contributed by atoms with E-state index in [-0.39, 0.29) is 0 Å². The Morgan fingerprint density at radius 1 is 1.19 bits per heavy atom. The fourth-order valence-electron chi connectivity index (χ4n) is 5.89. The number of nitrogens with two attached hydrogens (primary N) is 1. The van der Waals surface area contributed by atoms with Gasteiger partial charge in [-0.15, -0.1) is 0 Å². The molecule has 0 aliphatic carbocycles. The van der Waals surface area contributed by atoms with Crippen LogP contribution in [0.3, 0.4) is 0 Å². The second-order valence-corrected chi connectivity index (χ2v) is 8.82. The molecule has 3 aliphatic heterocycles. The van der Waals surface area contributed by atoms with E-state index in [9.17, 15) is 0 Å². The summed E-state index contributed by atoms with van der Waals surface area (Å²) in [4.78, 5) is 14.7. The van der Waals surface area contributed by atoms with Crippen molar-refractivity contribution < 1.29 is 0 Å². The lowest BCUT2D eigenvalue weighted by molar-refractivity contribution is -0.0217. The predicted octanol–water partition coefficient (Wildman–Crippen LogP) is 2.42. The van der Waals surface area contributed by atoms with Crippen LogP contribution < -0.4 is 10.6 Å². The summed E-state index contributed by atoms with van der Waals surface area (Å²) in [6.45, 7) is 5.67. The summed E-state index contributed by atoms with van der Waals surface area (Å²) in [6.07, 6.45) is 9.91. The normalized spacial score (nSPS) is 31.3. The Hall–Kier alpha value is -1.89. The Balaban J connectivity index is 1.41. The Bertz CT molecular complexity index is 829. The van der Waals surface area contributed by atoms with Crippen LogP contribution in [0.2, 0.25) is 0 Å². The van der Waals surface area contributed by atoms with Crippen molar-refractivity contribution in [3.63, 3.8) is 0 Å². The van der Waals surface area contributed by atoms with E-state index >= 15 is 0 Å². The van der Waals surface area contributed by atoms with Crippen molar-refractivity contribution in [1.29, 1.82) is 0 Å². The SMILES string of the molecule is CCC[C@H]1CCC[C@H]2[C@@H]3C[C@@H](CN(c4nc(N)c5cnn(C)c5n4)C3)CN12. The van der Waals surface area contributed by atoms with E-state index in [1.807, 2.05) is 7.05 Å². The lowest BCUT2D eigenvalue weighted by Crippen LogP contribution is -2.61. The van der Waals surface area contributed by atoms with Gasteiger partial charge in [-0.25, -0.2) is 0 Å². The fraction of sp³-hybridized carbons (Fsp3) is 0.750. The highest BCUT2D eigenvalue weighted by Crippen LogP contribution is 2.41. The molecule has 3 aliphatic rings. The summed E-state index contributed by atoms with van der Waals surface area (Å²) in [7, 11) is 1.91. The smallest absolute Gasteiger partial charge is 0.229 e. The molecule has 5 heterocycles. The third-order valence-electron chi connectivity index (χ3n) is 7.03. The number of hydrogen-bond acceptors (Lipinski definition) is 6. The molecule has 4 atom stereocenters. The van der Waals surface area contributed by atoms with Gasteiger partial charge in [-0.3, -0.25) is 9.58 Å². The molecule has 2 bridgehead atoms. The molecule has 2 aromatic rings. The molecule has 27 heavy (non-hydrogen) atoms. The third kappa shape index (κ3) is 2.87. The van der Waals surface area contributed by atoms with Crippen LogP contribution in [0.25, 0.3) is 11.0 Å². The van der Waals surface area contributed by atoms with E-state index in [0.717, 1.165) is 48.1 Å². The van der Waals surface area contributed by atoms with Gasteiger partial charge in [-0.1, -0.05) is 19.8 Å². The molecule has 146 valence electrons. The number of rotatable bonds is 3. The second-order valence-electron chi connectivity index (χ2n) is 8.82. The highest BCUT2D eigenvalue weighted by atomic mass is 15.3. The maximum atomic E-state index is 6.21. The number of nitrogens with zero attached hydrogens (tertiary/aromatic N) is 6. The molecule has 3 saturated heterocycles. The average molecular weight is 370 g/mol. The largest absolute Gasteiger partial charge is 0.383 e. The molecule has 0 aromatic carbocycles. The zero-order valence-corrected chi connectivity index (χ0v) is 16.5. The van der Waals surface area contributed by atoms with Gasteiger partial charge in [0.15, 0.2) is 5.65 Å². The number of aryl methyl sites for hydroxylation is 1. The molecule has 0 spiro atoms. The first kappa shape index (κ1) is 17.2. The minimum Gasteiger partial charge on any atom is -0.383 e. The number of anilines is 2. The monoisotopic (exact) mass is 369 g/mol. The summed E-state index contributed by atoms with van der Waals surface area (Å²) >= 11 is 0. The molecule has 3 fully saturated rings. The van der Waals surface area contributed by atoms with Gasteiger partial charge in [0.05, 0.1) is 11.6 Å². The zero-order chi connectivity index (χ0) is 18.5. The summed E-state index contributed by atoms with van der Waals surface area (Å²) in [5.41, 5.74) is 7.04. The minimum absolute atomic E-state index is 0.543. The van der Waals surface area contributed by atoms with E-state index in [1.165, 1.54) is 45.1 Å². The van der Waals surface area contributed by atoms with E-state index in [4.69, 9.17) is 10.7 Å². The van der Waals surface area contributed by atoms with Crippen LogP contribution in [0, 0.1) is 11.8 Å². The van der Waals surface area contributed by atoms with Crippen molar-refractivity contribution in [2.45, 2.75) is 57.5 Å². The Kier molecular flexibility index (Phi) is 4.22. The number of nitrogen functional groups attached to an aromatic ring is 1. The highest BCUT2D eigenvalue weighted by Gasteiger charge is 2.44. The highest BCUT2D eigenvalue weighted by molar-refractivity contribution is 5.86.